The minimum absolute atomic E-state index is 0.205. The highest BCUT2D eigenvalue weighted by molar-refractivity contribution is 7.80. The van der Waals surface area contributed by atoms with E-state index in [1.54, 1.807) is 0 Å². The van der Waals surface area contributed by atoms with Crippen LogP contribution in [0.25, 0.3) is 0 Å². The Bertz CT molecular complexity index is 756. The molecule has 136 valence electrons. The van der Waals surface area contributed by atoms with E-state index >= 15 is 0 Å². The average Bonchev–Trinajstić information content (AvgIpc) is 3.07. The third-order valence-electron chi connectivity index (χ3n) is 4.56. The minimum Gasteiger partial charge on any atom is -0.362 e. The van der Waals surface area contributed by atoms with Crippen LogP contribution in [0, 0.1) is 6.92 Å². The molecule has 3 rings (SSSR count). The second kappa shape index (κ2) is 8.81. The fraction of sp³-hybridized carbons (Fsp3) is 0.333. The van der Waals surface area contributed by atoms with E-state index in [1.807, 2.05) is 29.2 Å². The predicted octanol–water partition coefficient (Wildman–Crippen LogP) is 4.04. The standard InChI is InChI=1S/C21H25N3OS/c1-16-6-8-17(9-7-16)4-2-14-22-21(26)23-18-10-12-19(13-11-18)24-15-3-5-20(24)25/h6-13H,2-5,14-15H2,1H3,(H2,22,23,26). The first kappa shape index (κ1) is 18.4. The normalized spacial score (nSPS) is 13.7. The number of nitrogens with one attached hydrogen (secondary N) is 2. The van der Waals surface area contributed by atoms with Crippen LogP contribution in [0.3, 0.4) is 0 Å². The van der Waals surface area contributed by atoms with Gasteiger partial charge >= 0.3 is 0 Å². The van der Waals surface area contributed by atoms with E-state index in [-0.39, 0.29) is 5.91 Å². The van der Waals surface area contributed by atoms with Gasteiger partial charge in [0.25, 0.3) is 0 Å². The molecule has 1 aliphatic rings. The number of benzene rings is 2. The van der Waals surface area contributed by atoms with Gasteiger partial charge in [0.15, 0.2) is 5.11 Å². The van der Waals surface area contributed by atoms with Gasteiger partial charge in [0.1, 0.15) is 0 Å². The van der Waals surface area contributed by atoms with Crippen LogP contribution >= 0.6 is 12.2 Å². The SMILES string of the molecule is Cc1ccc(CCCNC(=S)Nc2ccc(N3CCCC3=O)cc2)cc1. The van der Waals surface area contributed by atoms with Crippen molar-refractivity contribution in [2.24, 2.45) is 0 Å². The van der Waals surface area contributed by atoms with Crippen LogP contribution in [0.2, 0.25) is 0 Å². The van der Waals surface area contributed by atoms with Crippen molar-refractivity contribution >= 4 is 34.6 Å². The van der Waals surface area contributed by atoms with Crippen LogP contribution < -0.4 is 15.5 Å². The maximum atomic E-state index is 11.8. The Hall–Kier alpha value is -2.40. The van der Waals surface area contributed by atoms with Gasteiger partial charge in [-0.1, -0.05) is 29.8 Å². The smallest absolute Gasteiger partial charge is 0.227 e. The molecule has 0 bridgehead atoms. The van der Waals surface area contributed by atoms with Crippen molar-refractivity contribution in [1.29, 1.82) is 0 Å². The molecule has 1 heterocycles. The summed E-state index contributed by atoms with van der Waals surface area (Å²) < 4.78 is 0. The van der Waals surface area contributed by atoms with E-state index in [9.17, 15) is 4.79 Å². The summed E-state index contributed by atoms with van der Waals surface area (Å²) in [4.78, 5) is 13.6. The molecule has 2 N–H and O–H groups in total. The number of carbonyl (C=O) groups excluding carboxylic acids is 1. The van der Waals surface area contributed by atoms with Crippen LogP contribution in [0.1, 0.15) is 30.4 Å². The average molecular weight is 368 g/mol. The lowest BCUT2D eigenvalue weighted by atomic mass is 10.1. The molecule has 4 nitrogen and oxygen atoms in total. The van der Waals surface area contributed by atoms with Crippen molar-refractivity contribution in [3.63, 3.8) is 0 Å². The maximum absolute atomic E-state index is 11.8. The van der Waals surface area contributed by atoms with Crippen LogP contribution in [-0.2, 0) is 11.2 Å². The summed E-state index contributed by atoms with van der Waals surface area (Å²) in [6, 6.07) is 16.5. The molecular formula is C21H25N3OS. The Balaban J connectivity index is 1.40. The molecule has 0 radical (unpaired) electrons. The number of amides is 1. The topological polar surface area (TPSA) is 44.4 Å². The highest BCUT2D eigenvalue weighted by Crippen LogP contribution is 2.22. The second-order valence-electron chi connectivity index (χ2n) is 6.67. The zero-order chi connectivity index (χ0) is 18.4. The highest BCUT2D eigenvalue weighted by atomic mass is 32.1. The first-order valence-electron chi connectivity index (χ1n) is 9.13. The van der Waals surface area contributed by atoms with Crippen LogP contribution in [0.5, 0.6) is 0 Å². The number of hydrogen-bond acceptors (Lipinski definition) is 2. The minimum atomic E-state index is 0.205. The summed E-state index contributed by atoms with van der Waals surface area (Å²) in [7, 11) is 0. The van der Waals surface area contributed by atoms with Crippen molar-refractivity contribution in [1.82, 2.24) is 5.32 Å². The molecule has 0 atom stereocenters. The quantitative estimate of drug-likeness (QED) is 0.597. The Morgan fingerprint density at radius 1 is 1.12 bits per heavy atom. The van der Waals surface area contributed by atoms with E-state index in [2.05, 4.69) is 41.8 Å². The molecule has 1 saturated heterocycles. The first-order valence-corrected chi connectivity index (χ1v) is 9.53. The van der Waals surface area contributed by atoms with Gasteiger partial charge in [0.2, 0.25) is 5.91 Å². The number of hydrogen-bond donors (Lipinski definition) is 2. The van der Waals surface area contributed by atoms with Gasteiger partial charge in [-0.3, -0.25) is 4.79 Å². The van der Waals surface area contributed by atoms with Gasteiger partial charge in [-0.05, 0) is 68.2 Å². The number of nitrogens with zero attached hydrogens (tertiary/aromatic N) is 1. The number of rotatable bonds is 6. The predicted molar refractivity (Wildman–Crippen MR) is 112 cm³/mol. The summed E-state index contributed by atoms with van der Waals surface area (Å²) in [5, 5.41) is 7.06. The molecule has 0 spiro atoms. The lowest BCUT2D eigenvalue weighted by Crippen LogP contribution is -2.29. The largest absolute Gasteiger partial charge is 0.362 e. The third kappa shape index (κ3) is 5.05. The summed E-state index contributed by atoms with van der Waals surface area (Å²) in [5.74, 6) is 0.205. The Morgan fingerprint density at radius 3 is 2.50 bits per heavy atom. The first-order chi connectivity index (χ1) is 12.6. The van der Waals surface area contributed by atoms with Crippen molar-refractivity contribution in [2.75, 3.05) is 23.3 Å². The second-order valence-corrected chi connectivity index (χ2v) is 7.07. The Labute approximate surface area is 160 Å². The summed E-state index contributed by atoms with van der Waals surface area (Å²) >= 11 is 5.36. The monoisotopic (exact) mass is 367 g/mol. The van der Waals surface area contributed by atoms with Crippen LogP contribution in [0.4, 0.5) is 11.4 Å². The number of aryl methyl sites for hydroxylation is 2. The molecule has 0 aliphatic carbocycles. The van der Waals surface area contributed by atoms with Crippen molar-refractivity contribution in [3.8, 4) is 0 Å². The van der Waals surface area contributed by atoms with Gasteiger partial charge in [-0.2, -0.15) is 0 Å². The molecule has 0 saturated carbocycles. The summed E-state index contributed by atoms with van der Waals surface area (Å²) in [6.07, 6.45) is 3.65. The molecular weight excluding hydrogens is 342 g/mol. The third-order valence-corrected chi connectivity index (χ3v) is 4.81. The molecule has 0 aromatic heterocycles. The van der Waals surface area contributed by atoms with Crippen molar-refractivity contribution in [2.45, 2.75) is 32.6 Å². The Morgan fingerprint density at radius 2 is 1.85 bits per heavy atom. The Kier molecular flexibility index (Phi) is 6.23. The van der Waals surface area contributed by atoms with E-state index in [0.29, 0.717) is 11.5 Å². The molecule has 26 heavy (non-hydrogen) atoms. The summed E-state index contributed by atoms with van der Waals surface area (Å²) in [6.45, 7) is 3.75. The van der Waals surface area contributed by atoms with E-state index in [4.69, 9.17) is 12.2 Å². The fourth-order valence-corrected chi connectivity index (χ4v) is 3.29. The number of carbonyl (C=O) groups is 1. The lowest BCUT2D eigenvalue weighted by molar-refractivity contribution is -0.117. The van der Waals surface area contributed by atoms with E-state index in [1.165, 1.54) is 11.1 Å². The molecule has 1 amide bonds. The van der Waals surface area contributed by atoms with Gasteiger partial charge in [-0.15, -0.1) is 0 Å². The number of anilines is 2. The fourth-order valence-electron chi connectivity index (χ4n) is 3.07. The van der Waals surface area contributed by atoms with Gasteiger partial charge in [-0.25, -0.2) is 0 Å². The van der Waals surface area contributed by atoms with E-state index in [0.717, 1.165) is 43.7 Å². The van der Waals surface area contributed by atoms with Gasteiger partial charge < -0.3 is 15.5 Å². The van der Waals surface area contributed by atoms with Crippen LogP contribution in [-0.4, -0.2) is 24.1 Å². The van der Waals surface area contributed by atoms with Gasteiger partial charge in [0.05, 0.1) is 0 Å². The molecule has 1 aliphatic heterocycles. The van der Waals surface area contributed by atoms with Crippen LogP contribution in [0.15, 0.2) is 48.5 Å². The lowest BCUT2D eigenvalue weighted by Gasteiger charge is -2.16. The molecule has 2 aromatic rings. The summed E-state index contributed by atoms with van der Waals surface area (Å²) in [5.41, 5.74) is 4.52. The molecule has 0 unspecified atom stereocenters. The molecule has 1 fully saturated rings. The zero-order valence-electron chi connectivity index (χ0n) is 15.1. The van der Waals surface area contributed by atoms with Gasteiger partial charge in [0, 0.05) is 30.9 Å². The zero-order valence-corrected chi connectivity index (χ0v) is 15.9. The van der Waals surface area contributed by atoms with E-state index < -0.39 is 0 Å². The van der Waals surface area contributed by atoms with Crippen molar-refractivity contribution in [3.05, 3.63) is 59.7 Å². The molecule has 2 aromatic carbocycles. The number of thiocarbonyl (C=S) groups is 1. The van der Waals surface area contributed by atoms with Crippen molar-refractivity contribution < 1.29 is 4.79 Å². The highest BCUT2D eigenvalue weighted by Gasteiger charge is 2.21. The molecule has 5 heteroatoms. The maximum Gasteiger partial charge on any atom is 0.227 e.